The molecule has 1 unspecified atom stereocenters. The normalized spacial score (nSPS) is 11.3. The van der Waals surface area contributed by atoms with Gasteiger partial charge in [0.15, 0.2) is 0 Å². The SMILES string of the molecule is C=C.CC.CC(OS(=O)(=O)O)c1ccccc1. The van der Waals surface area contributed by atoms with Gasteiger partial charge in [0, 0.05) is 0 Å². The van der Waals surface area contributed by atoms with E-state index in [1.807, 2.05) is 19.9 Å². The Morgan fingerprint density at radius 3 is 1.94 bits per heavy atom. The highest BCUT2D eigenvalue weighted by Gasteiger charge is 2.13. The van der Waals surface area contributed by atoms with Crippen LogP contribution in [0.2, 0.25) is 0 Å². The molecule has 17 heavy (non-hydrogen) atoms. The lowest BCUT2D eigenvalue weighted by molar-refractivity contribution is 0.201. The second-order valence-electron chi connectivity index (χ2n) is 2.58. The Morgan fingerprint density at radius 2 is 1.59 bits per heavy atom. The maximum atomic E-state index is 10.3. The fourth-order valence-electron chi connectivity index (χ4n) is 0.962. The molecule has 0 spiro atoms. The molecule has 0 heterocycles. The number of hydrogen-bond donors (Lipinski definition) is 1. The van der Waals surface area contributed by atoms with Gasteiger partial charge in [-0.05, 0) is 12.5 Å². The van der Waals surface area contributed by atoms with Crippen molar-refractivity contribution in [3.8, 4) is 0 Å². The van der Waals surface area contributed by atoms with Gasteiger partial charge in [-0.2, -0.15) is 8.42 Å². The Balaban J connectivity index is 0. The molecule has 0 bridgehead atoms. The summed E-state index contributed by atoms with van der Waals surface area (Å²) in [5, 5.41) is 0. The van der Waals surface area contributed by atoms with E-state index in [9.17, 15) is 8.42 Å². The predicted molar refractivity (Wildman–Crippen MR) is 70.1 cm³/mol. The van der Waals surface area contributed by atoms with Gasteiger partial charge in [0.05, 0.1) is 0 Å². The zero-order valence-corrected chi connectivity index (χ0v) is 11.3. The Labute approximate surface area is 104 Å². The predicted octanol–water partition coefficient (Wildman–Crippen LogP) is 3.40. The molecule has 1 N–H and O–H groups in total. The molecular formula is C12H20O4S. The van der Waals surface area contributed by atoms with Gasteiger partial charge in [0.1, 0.15) is 6.10 Å². The van der Waals surface area contributed by atoms with Crippen LogP contribution in [0, 0.1) is 0 Å². The molecule has 0 radical (unpaired) electrons. The van der Waals surface area contributed by atoms with Crippen LogP contribution in [-0.2, 0) is 14.6 Å². The second kappa shape index (κ2) is 10.0. The van der Waals surface area contributed by atoms with Crippen LogP contribution in [0.3, 0.4) is 0 Å². The van der Waals surface area contributed by atoms with Crippen LogP contribution in [-0.4, -0.2) is 13.0 Å². The minimum atomic E-state index is -4.37. The summed E-state index contributed by atoms with van der Waals surface area (Å²) in [7, 11) is -4.37. The van der Waals surface area contributed by atoms with Crippen molar-refractivity contribution in [2.75, 3.05) is 0 Å². The Hall–Kier alpha value is -1.17. The van der Waals surface area contributed by atoms with E-state index in [1.165, 1.54) is 0 Å². The molecule has 98 valence electrons. The molecule has 1 atom stereocenters. The fraction of sp³-hybridized carbons (Fsp3) is 0.333. The summed E-state index contributed by atoms with van der Waals surface area (Å²) in [5.74, 6) is 0. The lowest BCUT2D eigenvalue weighted by atomic mass is 10.1. The minimum Gasteiger partial charge on any atom is -0.264 e. The standard InChI is InChI=1S/C8H10O4S.C2H6.C2H4/c1-7(12-13(9,10)11)8-5-3-2-4-6-8;2*1-2/h2-7H,1H3,(H,9,10,11);1-2H3;1-2H2. The van der Waals surface area contributed by atoms with Crippen molar-refractivity contribution in [3.63, 3.8) is 0 Å². The molecule has 5 heteroatoms. The van der Waals surface area contributed by atoms with E-state index >= 15 is 0 Å². The van der Waals surface area contributed by atoms with Crippen molar-refractivity contribution in [2.45, 2.75) is 26.9 Å². The van der Waals surface area contributed by atoms with Gasteiger partial charge in [-0.25, -0.2) is 4.18 Å². The minimum absolute atomic E-state index is 0.670. The summed E-state index contributed by atoms with van der Waals surface area (Å²) < 4.78 is 33.4. The molecule has 1 rings (SSSR count). The van der Waals surface area contributed by atoms with Crippen LogP contribution in [0.5, 0.6) is 0 Å². The van der Waals surface area contributed by atoms with Crippen LogP contribution < -0.4 is 0 Å². The van der Waals surface area contributed by atoms with Gasteiger partial charge in [0.25, 0.3) is 0 Å². The third-order valence-electron chi connectivity index (χ3n) is 1.53. The van der Waals surface area contributed by atoms with Gasteiger partial charge in [0.2, 0.25) is 0 Å². The monoisotopic (exact) mass is 260 g/mol. The first-order valence-corrected chi connectivity index (χ1v) is 6.56. The third-order valence-corrected chi connectivity index (χ3v) is 2.07. The van der Waals surface area contributed by atoms with Crippen LogP contribution >= 0.6 is 0 Å². The van der Waals surface area contributed by atoms with Crippen molar-refractivity contribution in [1.82, 2.24) is 0 Å². The Kier molecular flexibility index (Phi) is 10.7. The molecule has 0 aliphatic rings. The van der Waals surface area contributed by atoms with E-state index < -0.39 is 16.5 Å². The van der Waals surface area contributed by atoms with Gasteiger partial charge >= 0.3 is 10.4 Å². The van der Waals surface area contributed by atoms with Crippen LogP contribution in [0.25, 0.3) is 0 Å². The number of rotatable bonds is 3. The molecule has 0 saturated carbocycles. The van der Waals surface area contributed by atoms with Gasteiger partial charge in [-0.1, -0.05) is 44.2 Å². The Bertz CT molecular complexity index is 373. The highest BCUT2D eigenvalue weighted by Crippen LogP contribution is 2.17. The van der Waals surface area contributed by atoms with Crippen molar-refractivity contribution in [2.24, 2.45) is 0 Å². The van der Waals surface area contributed by atoms with Gasteiger partial charge < -0.3 is 0 Å². The van der Waals surface area contributed by atoms with Crippen LogP contribution in [0.1, 0.15) is 32.4 Å². The molecular weight excluding hydrogens is 240 g/mol. The first kappa shape index (κ1) is 18.2. The summed E-state index contributed by atoms with van der Waals surface area (Å²) in [6.07, 6.45) is -0.670. The molecule has 1 aromatic carbocycles. The maximum absolute atomic E-state index is 10.3. The highest BCUT2D eigenvalue weighted by atomic mass is 32.3. The van der Waals surface area contributed by atoms with Crippen LogP contribution in [0.15, 0.2) is 43.5 Å². The zero-order chi connectivity index (χ0) is 13.9. The van der Waals surface area contributed by atoms with Crippen molar-refractivity contribution >= 4 is 10.4 Å². The topological polar surface area (TPSA) is 63.6 Å². The second-order valence-corrected chi connectivity index (χ2v) is 3.62. The first-order chi connectivity index (χ1) is 7.99. The molecule has 4 nitrogen and oxygen atoms in total. The van der Waals surface area contributed by atoms with E-state index in [0.29, 0.717) is 5.56 Å². The molecule has 0 amide bonds. The summed E-state index contributed by atoms with van der Waals surface area (Å²) in [6, 6.07) is 8.77. The van der Waals surface area contributed by atoms with E-state index in [1.54, 1.807) is 31.2 Å². The molecule has 0 saturated heterocycles. The van der Waals surface area contributed by atoms with Gasteiger partial charge in [-0.3, -0.25) is 4.55 Å². The lowest BCUT2D eigenvalue weighted by Crippen LogP contribution is -2.07. The third kappa shape index (κ3) is 9.74. The lowest BCUT2D eigenvalue weighted by Gasteiger charge is -2.09. The van der Waals surface area contributed by atoms with Crippen molar-refractivity contribution in [3.05, 3.63) is 49.1 Å². The average Bonchev–Trinajstić information content (AvgIpc) is 2.33. The van der Waals surface area contributed by atoms with Gasteiger partial charge in [-0.15, -0.1) is 13.2 Å². The van der Waals surface area contributed by atoms with E-state index in [-0.39, 0.29) is 0 Å². The summed E-state index contributed by atoms with van der Waals surface area (Å²) in [6.45, 7) is 11.5. The molecule has 0 aliphatic carbocycles. The molecule has 0 aromatic heterocycles. The molecule has 0 fully saturated rings. The van der Waals surface area contributed by atoms with Crippen LogP contribution in [0.4, 0.5) is 0 Å². The largest absolute Gasteiger partial charge is 0.397 e. The number of hydrogen-bond acceptors (Lipinski definition) is 3. The number of benzene rings is 1. The fourth-order valence-corrected chi connectivity index (χ4v) is 1.44. The summed E-state index contributed by atoms with van der Waals surface area (Å²) >= 11 is 0. The smallest absolute Gasteiger partial charge is 0.264 e. The summed E-state index contributed by atoms with van der Waals surface area (Å²) in [4.78, 5) is 0. The van der Waals surface area contributed by atoms with Crippen molar-refractivity contribution in [1.29, 1.82) is 0 Å². The molecule has 1 aromatic rings. The summed E-state index contributed by atoms with van der Waals surface area (Å²) in [5.41, 5.74) is 0.695. The van der Waals surface area contributed by atoms with E-state index in [4.69, 9.17) is 4.55 Å². The molecule has 0 aliphatic heterocycles. The quantitative estimate of drug-likeness (QED) is 0.668. The zero-order valence-electron chi connectivity index (χ0n) is 10.5. The van der Waals surface area contributed by atoms with E-state index in [2.05, 4.69) is 17.3 Å². The first-order valence-electron chi connectivity index (χ1n) is 5.19. The highest BCUT2D eigenvalue weighted by molar-refractivity contribution is 7.80. The average molecular weight is 260 g/mol. The Morgan fingerprint density at radius 1 is 1.18 bits per heavy atom. The maximum Gasteiger partial charge on any atom is 0.397 e. The van der Waals surface area contributed by atoms with Crippen molar-refractivity contribution < 1.29 is 17.2 Å². The van der Waals surface area contributed by atoms with E-state index in [0.717, 1.165) is 0 Å².